The number of carbonyl (C=O) groups excluding carboxylic acids is 1. The first kappa shape index (κ1) is 17.1. The van der Waals surface area contributed by atoms with E-state index in [9.17, 15) is 10.1 Å². The van der Waals surface area contributed by atoms with Crippen molar-refractivity contribution in [2.45, 2.75) is 18.9 Å². The second-order valence-electron chi connectivity index (χ2n) is 7.13. The minimum atomic E-state index is -1.38. The molecule has 5 rings (SSSR count). The lowest BCUT2D eigenvalue weighted by molar-refractivity contribution is -0.121. The SMILES string of the molecule is Cc1[nH]nc2c1[C@]1(C(=O)N(Cc3ccccc3)c3ccccc31)C(C#N)=C(N)O2. The van der Waals surface area contributed by atoms with Crippen LogP contribution in [-0.4, -0.2) is 16.1 Å². The highest BCUT2D eigenvalue weighted by atomic mass is 16.5. The summed E-state index contributed by atoms with van der Waals surface area (Å²) in [4.78, 5) is 15.8. The van der Waals surface area contributed by atoms with E-state index in [1.165, 1.54) is 0 Å². The molecule has 29 heavy (non-hydrogen) atoms. The maximum Gasteiger partial charge on any atom is 0.248 e. The Morgan fingerprint density at radius 3 is 2.69 bits per heavy atom. The Labute approximate surface area is 167 Å². The molecule has 2 aromatic carbocycles. The molecule has 0 saturated heterocycles. The number of benzene rings is 2. The Morgan fingerprint density at radius 2 is 1.93 bits per heavy atom. The van der Waals surface area contributed by atoms with Gasteiger partial charge in [0.15, 0.2) is 0 Å². The van der Waals surface area contributed by atoms with Gasteiger partial charge in [-0.3, -0.25) is 9.89 Å². The van der Waals surface area contributed by atoms with Crippen molar-refractivity contribution < 1.29 is 9.53 Å². The number of anilines is 1. The number of aryl methyl sites for hydroxylation is 1. The fraction of sp³-hybridized carbons (Fsp3) is 0.136. The lowest BCUT2D eigenvalue weighted by Crippen LogP contribution is -2.45. The van der Waals surface area contributed by atoms with E-state index in [1.807, 2.05) is 61.5 Å². The van der Waals surface area contributed by atoms with E-state index in [0.717, 1.165) is 11.3 Å². The molecule has 0 aliphatic carbocycles. The normalized spacial score (nSPS) is 19.7. The number of ether oxygens (including phenoxy) is 1. The molecule has 2 aliphatic rings. The Morgan fingerprint density at radius 1 is 1.21 bits per heavy atom. The van der Waals surface area contributed by atoms with Crippen LogP contribution in [0.3, 0.4) is 0 Å². The molecule has 0 bridgehead atoms. The molecular weight excluding hydrogens is 366 g/mol. The van der Waals surface area contributed by atoms with Gasteiger partial charge in [-0.25, -0.2) is 0 Å². The van der Waals surface area contributed by atoms with Crippen molar-refractivity contribution in [3.8, 4) is 11.9 Å². The van der Waals surface area contributed by atoms with E-state index in [2.05, 4.69) is 16.3 Å². The predicted octanol–water partition coefficient (Wildman–Crippen LogP) is 2.64. The molecule has 0 fully saturated rings. The van der Waals surface area contributed by atoms with E-state index in [1.54, 1.807) is 4.90 Å². The second-order valence-corrected chi connectivity index (χ2v) is 7.13. The van der Waals surface area contributed by atoms with Crippen molar-refractivity contribution in [2.24, 2.45) is 5.73 Å². The molecule has 142 valence electrons. The molecule has 1 amide bonds. The second kappa shape index (κ2) is 5.97. The number of carbonyl (C=O) groups is 1. The summed E-state index contributed by atoms with van der Waals surface area (Å²) in [6.07, 6.45) is 0. The van der Waals surface area contributed by atoms with Crippen LogP contribution in [0.4, 0.5) is 5.69 Å². The van der Waals surface area contributed by atoms with Gasteiger partial charge in [-0.05, 0) is 18.6 Å². The van der Waals surface area contributed by atoms with Crippen molar-refractivity contribution in [1.82, 2.24) is 10.2 Å². The Kier molecular flexibility index (Phi) is 3.52. The van der Waals surface area contributed by atoms with Crippen LogP contribution in [0, 0.1) is 18.3 Å². The molecule has 0 saturated carbocycles. The van der Waals surface area contributed by atoms with Gasteiger partial charge in [-0.2, -0.15) is 5.26 Å². The third-order valence-electron chi connectivity index (χ3n) is 5.58. The summed E-state index contributed by atoms with van der Waals surface area (Å²) in [5.41, 5.74) is 8.43. The molecular formula is C22H17N5O2. The minimum absolute atomic E-state index is 0.0857. The van der Waals surface area contributed by atoms with Gasteiger partial charge in [0.25, 0.3) is 0 Å². The number of rotatable bonds is 2. The number of nitrogens with zero attached hydrogens (tertiary/aromatic N) is 3. The first-order chi connectivity index (χ1) is 14.1. The third kappa shape index (κ3) is 2.11. The highest BCUT2D eigenvalue weighted by Crippen LogP contribution is 2.55. The Bertz CT molecular complexity index is 1220. The Hall–Kier alpha value is -4.05. The summed E-state index contributed by atoms with van der Waals surface area (Å²) in [6.45, 7) is 2.19. The fourth-order valence-corrected chi connectivity index (χ4v) is 4.39. The number of nitriles is 1. The van der Waals surface area contributed by atoms with Crippen molar-refractivity contribution in [2.75, 3.05) is 4.90 Å². The summed E-state index contributed by atoms with van der Waals surface area (Å²) in [7, 11) is 0. The van der Waals surface area contributed by atoms with E-state index >= 15 is 0 Å². The molecule has 3 N–H and O–H groups in total. The summed E-state index contributed by atoms with van der Waals surface area (Å²) in [6, 6.07) is 19.4. The molecule has 7 nitrogen and oxygen atoms in total. The molecule has 0 radical (unpaired) electrons. The monoisotopic (exact) mass is 383 g/mol. The number of para-hydroxylation sites is 1. The average molecular weight is 383 g/mol. The van der Waals surface area contributed by atoms with Gasteiger partial charge in [-0.15, -0.1) is 5.10 Å². The summed E-state index contributed by atoms with van der Waals surface area (Å²) < 4.78 is 5.58. The Balaban J connectivity index is 1.80. The largest absolute Gasteiger partial charge is 0.420 e. The van der Waals surface area contributed by atoms with Gasteiger partial charge in [0.05, 0.1) is 12.1 Å². The lowest BCUT2D eigenvalue weighted by atomic mass is 9.69. The fourth-order valence-electron chi connectivity index (χ4n) is 4.39. The number of nitrogens with one attached hydrogen (secondary N) is 1. The summed E-state index contributed by atoms with van der Waals surface area (Å²) in [5.74, 6) is -0.115. The van der Waals surface area contributed by atoms with E-state index in [4.69, 9.17) is 10.5 Å². The summed E-state index contributed by atoms with van der Waals surface area (Å²) >= 11 is 0. The van der Waals surface area contributed by atoms with Gasteiger partial charge in [0.2, 0.25) is 17.7 Å². The number of nitrogens with two attached hydrogens (primary N) is 1. The van der Waals surface area contributed by atoms with Gasteiger partial charge < -0.3 is 15.4 Å². The smallest absolute Gasteiger partial charge is 0.248 e. The molecule has 1 spiro atoms. The number of amides is 1. The van der Waals surface area contributed by atoms with Crippen LogP contribution in [-0.2, 0) is 16.8 Å². The zero-order valence-electron chi connectivity index (χ0n) is 15.6. The first-order valence-electron chi connectivity index (χ1n) is 9.18. The molecule has 1 atom stereocenters. The first-order valence-corrected chi connectivity index (χ1v) is 9.18. The lowest BCUT2D eigenvalue weighted by Gasteiger charge is -2.32. The maximum absolute atomic E-state index is 14.1. The van der Waals surface area contributed by atoms with Crippen LogP contribution in [0.5, 0.6) is 5.88 Å². The molecule has 7 heteroatoms. The molecule has 3 heterocycles. The average Bonchev–Trinajstić information content (AvgIpc) is 3.21. The van der Waals surface area contributed by atoms with Gasteiger partial charge in [0, 0.05) is 16.9 Å². The number of fused-ring (bicyclic) bond motifs is 4. The van der Waals surface area contributed by atoms with Crippen molar-refractivity contribution in [3.63, 3.8) is 0 Å². The van der Waals surface area contributed by atoms with Crippen LogP contribution in [0.15, 0.2) is 66.1 Å². The van der Waals surface area contributed by atoms with Crippen LogP contribution in [0.1, 0.15) is 22.4 Å². The maximum atomic E-state index is 14.1. The molecule has 3 aromatic rings. The van der Waals surface area contributed by atoms with Gasteiger partial charge in [0.1, 0.15) is 17.1 Å². The van der Waals surface area contributed by atoms with E-state index in [-0.39, 0.29) is 23.2 Å². The topological polar surface area (TPSA) is 108 Å². The molecule has 0 unspecified atom stereocenters. The van der Waals surface area contributed by atoms with Crippen molar-refractivity contribution >= 4 is 11.6 Å². The number of aromatic amines is 1. The predicted molar refractivity (Wildman–Crippen MR) is 106 cm³/mol. The molecule has 1 aromatic heterocycles. The number of aromatic nitrogens is 2. The zero-order valence-corrected chi connectivity index (χ0v) is 15.6. The van der Waals surface area contributed by atoms with Crippen LogP contribution in [0.25, 0.3) is 0 Å². The summed E-state index contributed by atoms with van der Waals surface area (Å²) in [5, 5.41) is 17.0. The zero-order chi connectivity index (χ0) is 20.2. The van der Waals surface area contributed by atoms with E-state index < -0.39 is 5.41 Å². The third-order valence-corrected chi connectivity index (χ3v) is 5.58. The van der Waals surface area contributed by atoms with Crippen LogP contribution >= 0.6 is 0 Å². The van der Waals surface area contributed by atoms with Crippen LogP contribution in [0.2, 0.25) is 0 Å². The van der Waals surface area contributed by atoms with Crippen LogP contribution < -0.4 is 15.4 Å². The molecule has 2 aliphatic heterocycles. The number of hydrogen-bond donors (Lipinski definition) is 2. The van der Waals surface area contributed by atoms with Gasteiger partial charge >= 0.3 is 0 Å². The van der Waals surface area contributed by atoms with Crippen molar-refractivity contribution in [1.29, 1.82) is 5.26 Å². The van der Waals surface area contributed by atoms with E-state index in [0.29, 0.717) is 23.4 Å². The number of H-pyrrole nitrogens is 1. The number of hydrogen-bond acceptors (Lipinski definition) is 5. The quantitative estimate of drug-likeness (QED) is 0.707. The highest BCUT2D eigenvalue weighted by molar-refractivity contribution is 6.14. The highest BCUT2D eigenvalue weighted by Gasteiger charge is 2.60. The van der Waals surface area contributed by atoms with Gasteiger partial charge in [-0.1, -0.05) is 48.5 Å². The minimum Gasteiger partial charge on any atom is -0.420 e. The van der Waals surface area contributed by atoms with Crippen molar-refractivity contribution in [3.05, 3.63) is 88.4 Å². The standard InChI is InChI=1S/C22H17N5O2/c1-13-18-20(26-25-13)29-19(24)16(11-23)22(18)15-9-5-6-10-17(15)27(21(22)28)12-14-7-3-2-4-8-14/h2-10H,12,24H2,1H3,(H,25,26)/t22-/m1/s1.